The van der Waals surface area contributed by atoms with Crippen LogP contribution in [-0.4, -0.2) is 48.9 Å². The van der Waals surface area contributed by atoms with Crippen molar-refractivity contribution in [2.45, 2.75) is 18.9 Å². The molecule has 1 saturated heterocycles. The molecule has 1 aromatic carbocycles. The number of carbonyl (C=O) groups excluding carboxylic acids is 1. The molecule has 1 aliphatic rings. The van der Waals surface area contributed by atoms with Gasteiger partial charge in [0, 0.05) is 38.6 Å². The lowest BCUT2D eigenvalue weighted by Crippen LogP contribution is -2.47. The van der Waals surface area contributed by atoms with Crippen LogP contribution in [0.3, 0.4) is 0 Å². The van der Waals surface area contributed by atoms with Crippen LogP contribution < -0.4 is 5.73 Å². The molecule has 4 heteroatoms. The molecule has 0 bridgehead atoms. The number of amides is 1. The molecular weight excluding hydrogens is 238 g/mol. The van der Waals surface area contributed by atoms with E-state index in [1.165, 1.54) is 0 Å². The fraction of sp³-hybridized carbons (Fsp3) is 0.533. The number of likely N-dealkylation sites (N-methyl/N-ethyl adjacent to an activating group) is 1. The van der Waals surface area contributed by atoms with Gasteiger partial charge in [0.15, 0.2) is 0 Å². The van der Waals surface area contributed by atoms with Gasteiger partial charge in [-0.1, -0.05) is 30.3 Å². The van der Waals surface area contributed by atoms with Gasteiger partial charge in [-0.05, 0) is 19.0 Å². The zero-order chi connectivity index (χ0) is 13.7. The lowest BCUT2D eigenvalue weighted by Gasteiger charge is -2.32. The second kappa shape index (κ2) is 6.68. The van der Waals surface area contributed by atoms with E-state index in [9.17, 15) is 4.79 Å². The summed E-state index contributed by atoms with van der Waals surface area (Å²) < 4.78 is 0. The van der Waals surface area contributed by atoms with Gasteiger partial charge >= 0.3 is 0 Å². The quantitative estimate of drug-likeness (QED) is 0.887. The number of carbonyl (C=O) groups is 1. The van der Waals surface area contributed by atoms with E-state index in [0.717, 1.165) is 38.2 Å². The number of benzene rings is 1. The molecule has 0 saturated carbocycles. The van der Waals surface area contributed by atoms with Gasteiger partial charge in [0.05, 0.1) is 0 Å². The maximum Gasteiger partial charge on any atom is 0.222 e. The van der Waals surface area contributed by atoms with Crippen molar-refractivity contribution in [2.75, 3.05) is 33.2 Å². The molecule has 19 heavy (non-hydrogen) atoms. The van der Waals surface area contributed by atoms with E-state index in [0.29, 0.717) is 6.42 Å². The Hall–Kier alpha value is -1.39. The lowest BCUT2D eigenvalue weighted by molar-refractivity contribution is -0.132. The Bertz CT molecular complexity index is 399. The second-order valence-corrected chi connectivity index (χ2v) is 5.24. The summed E-state index contributed by atoms with van der Waals surface area (Å²) in [4.78, 5) is 16.3. The summed E-state index contributed by atoms with van der Waals surface area (Å²) in [6.07, 6.45) is 1.26. The lowest BCUT2D eigenvalue weighted by atomic mass is 10.0. The Morgan fingerprint density at radius 2 is 1.84 bits per heavy atom. The summed E-state index contributed by atoms with van der Waals surface area (Å²) >= 11 is 0. The second-order valence-electron chi connectivity index (χ2n) is 5.24. The van der Waals surface area contributed by atoms with Crippen LogP contribution in [0.15, 0.2) is 30.3 Å². The van der Waals surface area contributed by atoms with E-state index in [2.05, 4.69) is 11.9 Å². The molecule has 0 aliphatic carbocycles. The number of nitrogens with two attached hydrogens (primary N) is 1. The van der Waals surface area contributed by atoms with E-state index in [4.69, 9.17) is 5.73 Å². The molecule has 1 aliphatic heterocycles. The van der Waals surface area contributed by atoms with Crippen molar-refractivity contribution in [3.8, 4) is 0 Å². The molecule has 2 N–H and O–H groups in total. The number of hydrogen-bond donors (Lipinski definition) is 1. The molecule has 2 rings (SSSR count). The maximum absolute atomic E-state index is 12.1. The van der Waals surface area contributed by atoms with Crippen LogP contribution in [0, 0.1) is 0 Å². The fourth-order valence-electron chi connectivity index (χ4n) is 2.36. The van der Waals surface area contributed by atoms with E-state index >= 15 is 0 Å². The number of nitrogens with zero attached hydrogens (tertiary/aromatic N) is 2. The van der Waals surface area contributed by atoms with E-state index in [-0.39, 0.29) is 11.9 Å². The zero-order valence-electron chi connectivity index (χ0n) is 11.6. The van der Waals surface area contributed by atoms with E-state index in [1.54, 1.807) is 0 Å². The third kappa shape index (κ3) is 4.04. The number of piperazine rings is 1. The SMILES string of the molecule is CN1CCN(C(=O)CCC(N)c2ccccc2)CC1. The first-order valence-corrected chi connectivity index (χ1v) is 6.93. The van der Waals surface area contributed by atoms with Gasteiger partial charge in [-0.2, -0.15) is 0 Å². The van der Waals surface area contributed by atoms with Gasteiger partial charge in [0.1, 0.15) is 0 Å². The predicted octanol–water partition coefficient (Wildman–Crippen LogP) is 1.24. The van der Waals surface area contributed by atoms with Crippen LogP contribution in [0.1, 0.15) is 24.4 Å². The van der Waals surface area contributed by atoms with Gasteiger partial charge in [0.25, 0.3) is 0 Å². The highest BCUT2D eigenvalue weighted by Gasteiger charge is 2.19. The molecular formula is C15H23N3O. The fourth-order valence-corrected chi connectivity index (χ4v) is 2.36. The summed E-state index contributed by atoms with van der Waals surface area (Å²) in [7, 11) is 2.09. The van der Waals surface area contributed by atoms with Crippen LogP contribution in [0.2, 0.25) is 0 Å². The molecule has 1 amide bonds. The van der Waals surface area contributed by atoms with Crippen molar-refractivity contribution in [3.63, 3.8) is 0 Å². The van der Waals surface area contributed by atoms with Crippen LogP contribution in [0.4, 0.5) is 0 Å². The molecule has 1 atom stereocenters. The zero-order valence-corrected chi connectivity index (χ0v) is 11.6. The van der Waals surface area contributed by atoms with Gasteiger partial charge in [0.2, 0.25) is 5.91 Å². The molecule has 1 fully saturated rings. The summed E-state index contributed by atoms with van der Waals surface area (Å²) in [5.41, 5.74) is 7.22. The van der Waals surface area contributed by atoms with E-state index < -0.39 is 0 Å². The van der Waals surface area contributed by atoms with Crippen molar-refractivity contribution >= 4 is 5.91 Å². The van der Waals surface area contributed by atoms with E-state index in [1.807, 2.05) is 35.2 Å². The maximum atomic E-state index is 12.1. The average Bonchev–Trinajstić information content (AvgIpc) is 2.46. The van der Waals surface area contributed by atoms with Gasteiger partial charge in [-0.15, -0.1) is 0 Å². The van der Waals surface area contributed by atoms with Crippen LogP contribution >= 0.6 is 0 Å². The third-order valence-electron chi connectivity index (χ3n) is 3.75. The largest absolute Gasteiger partial charge is 0.340 e. The Kier molecular flexibility index (Phi) is 4.93. The minimum absolute atomic E-state index is 0.0439. The Morgan fingerprint density at radius 3 is 2.47 bits per heavy atom. The summed E-state index contributed by atoms with van der Waals surface area (Å²) in [6, 6.07) is 9.94. The molecule has 0 spiro atoms. The predicted molar refractivity (Wildman–Crippen MR) is 76.7 cm³/mol. The minimum atomic E-state index is -0.0439. The van der Waals surface area contributed by atoms with Crippen LogP contribution in [0.25, 0.3) is 0 Å². The summed E-state index contributed by atoms with van der Waals surface area (Å²) in [6.45, 7) is 3.62. The molecule has 1 heterocycles. The topological polar surface area (TPSA) is 49.6 Å². The minimum Gasteiger partial charge on any atom is -0.340 e. The van der Waals surface area contributed by atoms with Crippen molar-refractivity contribution < 1.29 is 4.79 Å². The number of hydrogen-bond acceptors (Lipinski definition) is 3. The first-order chi connectivity index (χ1) is 9.16. The average molecular weight is 261 g/mol. The third-order valence-corrected chi connectivity index (χ3v) is 3.75. The van der Waals surface area contributed by atoms with Gasteiger partial charge in [-0.3, -0.25) is 4.79 Å². The van der Waals surface area contributed by atoms with Crippen LogP contribution in [-0.2, 0) is 4.79 Å². The Labute approximate surface area is 115 Å². The molecule has 104 valence electrons. The Balaban J connectivity index is 1.77. The molecule has 0 aromatic heterocycles. The first-order valence-electron chi connectivity index (χ1n) is 6.93. The molecule has 0 radical (unpaired) electrons. The number of rotatable bonds is 4. The monoisotopic (exact) mass is 261 g/mol. The van der Waals surface area contributed by atoms with Gasteiger partial charge < -0.3 is 15.5 Å². The summed E-state index contributed by atoms with van der Waals surface area (Å²) in [5.74, 6) is 0.236. The van der Waals surface area contributed by atoms with Crippen molar-refractivity contribution in [1.82, 2.24) is 9.80 Å². The smallest absolute Gasteiger partial charge is 0.222 e. The normalized spacial score (nSPS) is 18.3. The molecule has 4 nitrogen and oxygen atoms in total. The van der Waals surface area contributed by atoms with Gasteiger partial charge in [-0.25, -0.2) is 0 Å². The highest BCUT2D eigenvalue weighted by Crippen LogP contribution is 2.16. The van der Waals surface area contributed by atoms with Crippen molar-refractivity contribution in [3.05, 3.63) is 35.9 Å². The standard InChI is InChI=1S/C15H23N3O/c1-17-9-11-18(12-10-17)15(19)8-7-14(16)13-5-3-2-4-6-13/h2-6,14H,7-12,16H2,1H3. The molecule has 1 unspecified atom stereocenters. The van der Waals surface area contributed by atoms with Crippen LogP contribution in [0.5, 0.6) is 0 Å². The van der Waals surface area contributed by atoms with Crippen molar-refractivity contribution in [1.29, 1.82) is 0 Å². The summed E-state index contributed by atoms with van der Waals surface area (Å²) in [5, 5.41) is 0. The Morgan fingerprint density at radius 1 is 1.21 bits per heavy atom. The highest BCUT2D eigenvalue weighted by atomic mass is 16.2. The highest BCUT2D eigenvalue weighted by molar-refractivity contribution is 5.76. The molecule has 1 aromatic rings. The first kappa shape index (κ1) is 14.0. The van der Waals surface area contributed by atoms with Crippen molar-refractivity contribution in [2.24, 2.45) is 5.73 Å².